The Balaban J connectivity index is 1.66. The van der Waals surface area contributed by atoms with E-state index in [9.17, 15) is 9.59 Å². The van der Waals surface area contributed by atoms with Gasteiger partial charge in [0.2, 0.25) is 0 Å². The van der Waals surface area contributed by atoms with Gasteiger partial charge in [0.25, 0.3) is 0 Å². The van der Waals surface area contributed by atoms with Crippen molar-refractivity contribution in [2.45, 2.75) is 53.9 Å². The van der Waals surface area contributed by atoms with Crippen molar-refractivity contribution in [1.29, 1.82) is 0 Å². The SMILES string of the molecule is Cc1ccc(C(=O)COC(=O)c2c3c(nc4ccccc24)CCC(C(C)(C)C)C3)cc1C. The van der Waals surface area contributed by atoms with Crippen LogP contribution in [0.3, 0.4) is 0 Å². The first kappa shape index (κ1) is 22.2. The number of Topliss-reactive ketones (excluding diaryl/α,β-unsaturated/α-hetero) is 1. The molecule has 0 bridgehead atoms. The summed E-state index contributed by atoms with van der Waals surface area (Å²) in [6.45, 7) is 10.5. The number of pyridine rings is 1. The first-order valence-corrected chi connectivity index (χ1v) is 11.3. The molecule has 4 heteroatoms. The van der Waals surface area contributed by atoms with E-state index in [1.165, 1.54) is 0 Å². The number of hydrogen-bond acceptors (Lipinski definition) is 4. The average Bonchev–Trinajstić information content (AvgIpc) is 2.76. The third kappa shape index (κ3) is 4.32. The van der Waals surface area contributed by atoms with Crippen LogP contribution < -0.4 is 0 Å². The number of esters is 1. The summed E-state index contributed by atoms with van der Waals surface area (Å²) in [6, 6.07) is 13.3. The Morgan fingerprint density at radius 1 is 1.06 bits per heavy atom. The molecule has 2 aromatic carbocycles. The normalized spacial score (nSPS) is 16.0. The largest absolute Gasteiger partial charge is 0.454 e. The molecule has 0 aliphatic heterocycles. The van der Waals surface area contributed by atoms with E-state index in [-0.39, 0.29) is 17.8 Å². The maximum Gasteiger partial charge on any atom is 0.339 e. The summed E-state index contributed by atoms with van der Waals surface area (Å²) < 4.78 is 5.59. The van der Waals surface area contributed by atoms with E-state index in [4.69, 9.17) is 9.72 Å². The molecule has 0 spiro atoms. The molecule has 4 nitrogen and oxygen atoms in total. The van der Waals surface area contributed by atoms with Crippen molar-refractivity contribution >= 4 is 22.7 Å². The number of nitrogens with zero attached hydrogens (tertiary/aromatic N) is 1. The van der Waals surface area contributed by atoms with E-state index in [0.717, 1.165) is 52.5 Å². The van der Waals surface area contributed by atoms with Crippen molar-refractivity contribution in [3.8, 4) is 0 Å². The van der Waals surface area contributed by atoms with E-state index in [1.807, 2.05) is 50.2 Å². The Labute approximate surface area is 190 Å². The molecule has 32 heavy (non-hydrogen) atoms. The molecule has 1 aliphatic rings. The highest BCUT2D eigenvalue weighted by Crippen LogP contribution is 2.39. The second-order valence-electron chi connectivity index (χ2n) is 10.0. The van der Waals surface area contributed by atoms with Gasteiger partial charge in [-0.25, -0.2) is 4.79 Å². The van der Waals surface area contributed by atoms with Crippen LogP contribution in [0.25, 0.3) is 10.9 Å². The summed E-state index contributed by atoms with van der Waals surface area (Å²) in [5, 5.41) is 0.796. The number of aryl methyl sites for hydroxylation is 3. The monoisotopic (exact) mass is 429 g/mol. The number of para-hydroxylation sites is 1. The molecule has 4 rings (SSSR count). The van der Waals surface area contributed by atoms with Gasteiger partial charge < -0.3 is 4.74 Å². The minimum Gasteiger partial charge on any atom is -0.454 e. The third-order valence-corrected chi connectivity index (χ3v) is 6.85. The molecule has 0 amide bonds. The lowest BCUT2D eigenvalue weighted by Gasteiger charge is -2.35. The smallest absolute Gasteiger partial charge is 0.339 e. The molecule has 1 aromatic heterocycles. The number of hydrogen-bond donors (Lipinski definition) is 0. The van der Waals surface area contributed by atoms with Crippen LogP contribution in [0, 0.1) is 25.2 Å². The van der Waals surface area contributed by atoms with Crippen LogP contribution >= 0.6 is 0 Å². The average molecular weight is 430 g/mol. The van der Waals surface area contributed by atoms with Crippen LogP contribution in [0.5, 0.6) is 0 Å². The molecule has 1 aliphatic carbocycles. The number of carbonyl (C=O) groups is 2. The molecule has 0 saturated heterocycles. The Morgan fingerprint density at radius 2 is 1.81 bits per heavy atom. The van der Waals surface area contributed by atoms with Gasteiger partial charge in [-0.2, -0.15) is 0 Å². The minimum atomic E-state index is -0.438. The Morgan fingerprint density at radius 3 is 2.53 bits per heavy atom. The Hall–Kier alpha value is -3.01. The van der Waals surface area contributed by atoms with Gasteiger partial charge in [0, 0.05) is 16.6 Å². The molecule has 0 fully saturated rings. The lowest BCUT2D eigenvalue weighted by atomic mass is 9.70. The predicted molar refractivity (Wildman–Crippen MR) is 127 cm³/mol. The van der Waals surface area contributed by atoms with Gasteiger partial charge in [-0.15, -0.1) is 0 Å². The van der Waals surface area contributed by atoms with Crippen LogP contribution in [0.1, 0.15) is 70.3 Å². The van der Waals surface area contributed by atoms with E-state index >= 15 is 0 Å². The van der Waals surface area contributed by atoms with Crippen LogP contribution in [0.2, 0.25) is 0 Å². The third-order valence-electron chi connectivity index (χ3n) is 6.85. The lowest BCUT2D eigenvalue weighted by Crippen LogP contribution is -2.29. The highest BCUT2D eigenvalue weighted by Gasteiger charge is 2.33. The summed E-state index contributed by atoms with van der Waals surface area (Å²) in [6.07, 6.45) is 2.71. The fourth-order valence-electron chi connectivity index (χ4n) is 4.56. The number of benzene rings is 2. The van der Waals surface area contributed by atoms with Crippen molar-refractivity contribution in [1.82, 2.24) is 4.98 Å². The van der Waals surface area contributed by atoms with Gasteiger partial charge >= 0.3 is 5.97 Å². The summed E-state index contributed by atoms with van der Waals surface area (Å²) >= 11 is 0. The Bertz CT molecular complexity index is 1200. The highest BCUT2D eigenvalue weighted by molar-refractivity contribution is 6.06. The first-order valence-electron chi connectivity index (χ1n) is 11.3. The molecular weight excluding hydrogens is 398 g/mol. The van der Waals surface area contributed by atoms with Gasteiger partial charge in [0.05, 0.1) is 11.1 Å². The quantitative estimate of drug-likeness (QED) is 0.375. The second-order valence-corrected chi connectivity index (χ2v) is 10.0. The minimum absolute atomic E-state index is 0.143. The van der Waals surface area contributed by atoms with Crippen LogP contribution in [-0.2, 0) is 17.6 Å². The van der Waals surface area contributed by atoms with Crippen molar-refractivity contribution in [2.75, 3.05) is 6.61 Å². The Kier molecular flexibility index (Phi) is 5.89. The first-order chi connectivity index (χ1) is 15.1. The molecule has 3 aromatic rings. The summed E-state index contributed by atoms with van der Waals surface area (Å²) in [4.78, 5) is 30.9. The van der Waals surface area contributed by atoms with Gasteiger partial charge in [-0.1, -0.05) is 51.1 Å². The highest BCUT2D eigenvalue weighted by atomic mass is 16.5. The zero-order chi connectivity index (χ0) is 23.0. The van der Waals surface area contributed by atoms with Crippen molar-refractivity contribution in [2.24, 2.45) is 11.3 Å². The van der Waals surface area contributed by atoms with Crippen LogP contribution in [0.15, 0.2) is 42.5 Å². The molecule has 1 heterocycles. The van der Waals surface area contributed by atoms with E-state index in [0.29, 0.717) is 17.0 Å². The molecule has 1 atom stereocenters. The van der Waals surface area contributed by atoms with E-state index in [2.05, 4.69) is 20.8 Å². The predicted octanol–water partition coefficient (Wildman–Crippen LogP) is 6.04. The van der Waals surface area contributed by atoms with Crippen molar-refractivity contribution in [3.63, 3.8) is 0 Å². The second kappa shape index (κ2) is 8.50. The van der Waals surface area contributed by atoms with Gasteiger partial charge in [0.1, 0.15) is 0 Å². The molecule has 0 N–H and O–H groups in total. The summed E-state index contributed by atoms with van der Waals surface area (Å²) in [5.41, 5.74) is 6.22. The molecular formula is C28H31NO3. The van der Waals surface area contributed by atoms with Crippen LogP contribution in [-0.4, -0.2) is 23.3 Å². The number of rotatable bonds is 4. The fraction of sp³-hybridized carbons (Fsp3) is 0.393. The maximum absolute atomic E-state index is 13.3. The molecule has 0 radical (unpaired) electrons. The number of aromatic nitrogens is 1. The summed E-state index contributed by atoms with van der Waals surface area (Å²) in [7, 11) is 0. The molecule has 0 saturated carbocycles. The zero-order valence-corrected chi connectivity index (χ0v) is 19.6. The topological polar surface area (TPSA) is 56.3 Å². The van der Waals surface area contributed by atoms with Crippen LogP contribution in [0.4, 0.5) is 0 Å². The lowest BCUT2D eigenvalue weighted by molar-refractivity contribution is 0.0474. The maximum atomic E-state index is 13.3. The van der Waals surface area contributed by atoms with E-state index in [1.54, 1.807) is 6.07 Å². The summed E-state index contributed by atoms with van der Waals surface area (Å²) in [5.74, 6) is -0.172. The number of fused-ring (bicyclic) bond motifs is 2. The zero-order valence-electron chi connectivity index (χ0n) is 19.6. The number of ether oxygens (including phenoxy) is 1. The van der Waals surface area contributed by atoms with Crippen molar-refractivity contribution < 1.29 is 14.3 Å². The number of ketones is 1. The van der Waals surface area contributed by atoms with Gasteiger partial charge in [-0.05, 0) is 73.3 Å². The van der Waals surface area contributed by atoms with E-state index < -0.39 is 5.97 Å². The standard InChI is InChI=1S/C28H31NO3/c1-17-10-11-19(14-18(17)2)25(30)16-32-27(31)26-21-8-6-7-9-23(21)29-24-13-12-20(15-22(24)26)28(3,4)5/h6-11,14,20H,12-13,15-16H2,1-5H3. The fourth-order valence-corrected chi connectivity index (χ4v) is 4.56. The molecule has 1 unspecified atom stereocenters. The van der Waals surface area contributed by atoms with Crippen molar-refractivity contribution in [3.05, 3.63) is 76.0 Å². The van der Waals surface area contributed by atoms with Gasteiger partial charge in [0.15, 0.2) is 12.4 Å². The van der Waals surface area contributed by atoms with Gasteiger partial charge in [-0.3, -0.25) is 9.78 Å². The number of carbonyl (C=O) groups excluding carboxylic acids is 2. The molecule has 166 valence electrons.